The van der Waals surface area contributed by atoms with Gasteiger partial charge in [0.25, 0.3) is 0 Å². The first kappa shape index (κ1) is 16.3. The van der Waals surface area contributed by atoms with Crippen molar-refractivity contribution in [1.29, 1.82) is 0 Å². The average Bonchev–Trinajstić information content (AvgIpc) is 2.97. The Bertz CT molecular complexity index is 552. The van der Waals surface area contributed by atoms with Gasteiger partial charge in [-0.2, -0.15) is 0 Å². The van der Waals surface area contributed by atoms with E-state index >= 15 is 0 Å². The summed E-state index contributed by atoms with van der Waals surface area (Å²) in [5, 5.41) is 5.59. The maximum absolute atomic E-state index is 5.86. The molecule has 2 aromatic rings. The zero-order valence-corrected chi connectivity index (χ0v) is 14.5. The Morgan fingerprint density at radius 1 is 1.29 bits per heavy atom. The molecule has 4 heteroatoms. The Kier molecular flexibility index (Phi) is 5.25. The molecular formula is C17H26N2OS. The van der Waals surface area contributed by atoms with Crippen molar-refractivity contribution in [2.45, 2.75) is 52.9 Å². The predicted octanol–water partition coefficient (Wildman–Crippen LogP) is 4.17. The van der Waals surface area contributed by atoms with E-state index in [1.807, 2.05) is 0 Å². The molecule has 0 radical (unpaired) electrons. The fourth-order valence-corrected chi connectivity index (χ4v) is 2.98. The molecule has 2 heterocycles. The van der Waals surface area contributed by atoms with E-state index in [1.165, 1.54) is 10.4 Å². The Labute approximate surface area is 132 Å². The average molecular weight is 306 g/mol. The van der Waals surface area contributed by atoms with Gasteiger partial charge in [-0.25, -0.2) is 0 Å². The van der Waals surface area contributed by atoms with Crippen molar-refractivity contribution in [2.24, 2.45) is 0 Å². The summed E-state index contributed by atoms with van der Waals surface area (Å²) in [4.78, 5) is 3.72. The first-order valence-electron chi connectivity index (χ1n) is 7.37. The molecule has 2 aromatic heterocycles. The lowest BCUT2D eigenvalue weighted by Crippen LogP contribution is -2.34. The van der Waals surface area contributed by atoms with Crippen molar-refractivity contribution in [3.63, 3.8) is 0 Å². The summed E-state index contributed by atoms with van der Waals surface area (Å²) in [5.41, 5.74) is 1.39. The van der Waals surface area contributed by atoms with Crippen LogP contribution in [0, 0.1) is 6.92 Å². The van der Waals surface area contributed by atoms with Crippen LogP contribution in [-0.4, -0.2) is 17.5 Å². The largest absolute Gasteiger partial charge is 0.465 e. The molecule has 3 nitrogen and oxygen atoms in total. The third kappa shape index (κ3) is 5.30. The number of rotatable bonds is 6. The van der Waals surface area contributed by atoms with Crippen molar-refractivity contribution in [1.82, 2.24) is 10.2 Å². The van der Waals surface area contributed by atoms with E-state index in [2.05, 4.69) is 68.5 Å². The molecule has 116 valence electrons. The smallest absolute Gasteiger partial charge is 0.118 e. The highest BCUT2D eigenvalue weighted by Gasteiger charge is 2.13. The Morgan fingerprint density at radius 2 is 2.05 bits per heavy atom. The van der Waals surface area contributed by atoms with Gasteiger partial charge in [-0.15, -0.1) is 11.3 Å². The van der Waals surface area contributed by atoms with Crippen molar-refractivity contribution in [3.8, 4) is 0 Å². The monoisotopic (exact) mass is 306 g/mol. The summed E-state index contributed by atoms with van der Waals surface area (Å²) in [7, 11) is 2.15. The van der Waals surface area contributed by atoms with Crippen molar-refractivity contribution in [3.05, 3.63) is 45.5 Å². The van der Waals surface area contributed by atoms with Gasteiger partial charge in [0.15, 0.2) is 0 Å². The number of nitrogens with zero attached hydrogens (tertiary/aromatic N) is 1. The molecule has 0 saturated heterocycles. The van der Waals surface area contributed by atoms with E-state index in [1.54, 1.807) is 11.3 Å². The molecule has 0 amide bonds. The predicted molar refractivity (Wildman–Crippen MR) is 89.5 cm³/mol. The number of thiophene rings is 1. The highest BCUT2D eigenvalue weighted by atomic mass is 32.1. The minimum atomic E-state index is 0.108. The fourth-order valence-electron chi connectivity index (χ4n) is 2.20. The molecule has 1 N–H and O–H groups in total. The number of aryl methyl sites for hydroxylation is 1. The minimum absolute atomic E-state index is 0.108. The van der Waals surface area contributed by atoms with E-state index in [0.717, 1.165) is 31.2 Å². The van der Waals surface area contributed by atoms with Crippen LogP contribution in [-0.2, 0) is 19.6 Å². The van der Waals surface area contributed by atoms with E-state index in [-0.39, 0.29) is 5.54 Å². The maximum Gasteiger partial charge on any atom is 0.118 e. The van der Waals surface area contributed by atoms with E-state index in [4.69, 9.17) is 4.42 Å². The SMILES string of the molecule is Cc1oc(CNC(C)(C)C)cc1CN(C)Cc1cccs1. The maximum atomic E-state index is 5.86. The first-order valence-corrected chi connectivity index (χ1v) is 8.25. The molecule has 0 unspecified atom stereocenters. The second-order valence-electron chi connectivity index (χ2n) is 6.65. The van der Waals surface area contributed by atoms with Gasteiger partial charge < -0.3 is 9.73 Å². The van der Waals surface area contributed by atoms with Crippen molar-refractivity contribution < 1.29 is 4.42 Å². The van der Waals surface area contributed by atoms with E-state index < -0.39 is 0 Å². The van der Waals surface area contributed by atoms with Crippen LogP contribution in [0.2, 0.25) is 0 Å². The molecule has 0 aliphatic heterocycles. The molecule has 0 saturated carbocycles. The van der Waals surface area contributed by atoms with Gasteiger partial charge >= 0.3 is 0 Å². The molecule has 0 fully saturated rings. The summed E-state index contributed by atoms with van der Waals surface area (Å²) in [6.07, 6.45) is 0. The van der Waals surface area contributed by atoms with Crippen LogP contribution in [0.1, 0.15) is 42.7 Å². The second kappa shape index (κ2) is 6.77. The van der Waals surface area contributed by atoms with Gasteiger partial charge in [-0.3, -0.25) is 4.90 Å². The normalized spacial score (nSPS) is 12.3. The number of furan rings is 1. The Morgan fingerprint density at radius 3 is 2.67 bits per heavy atom. The molecular weight excluding hydrogens is 280 g/mol. The third-order valence-electron chi connectivity index (χ3n) is 3.31. The third-order valence-corrected chi connectivity index (χ3v) is 4.17. The molecule has 0 aromatic carbocycles. The lowest BCUT2D eigenvalue weighted by atomic mass is 10.1. The quantitative estimate of drug-likeness (QED) is 0.868. The van der Waals surface area contributed by atoms with Gasteiger partial charge in [0, 0.05) is 29.1 Å². The highest BCUT2D eigenvalue weighted by Crippen LogP contribution is 2.19. The summed E-state index contributed by atoms with van der Waals surface area (Å²) in [5.74, 6) is 2.04. The second-order valence-corrected chi connectivity index (χ2v) is 7.68. The van der Waals surface area contributed by atoms with Crippen LogP contribution >= 0.6 is 11.3 Å². The van der Waals surface area contributed by atoms with Crippen LogP contribution < -0.4 is 5.32 Å². The first-order chi connectivity index (χ1) is 9.83. The van der Waals surface area contributed by atoms with Crippen molar-refractivity contribution >= 4 is 11.3 Å². The number of hydrogen-bond acceptors (Lipinski definition) is 4. The molecule has 0 aliphatic carbocycles. The summed E-state index contributed by atoms with van der Waals surface area (Å²) in [6.45, 7) is 11.2. The van der Waals surface area contributed by atoms with Gasteiger partial charge in [0.05, 0.1) is 6.54 Å². The molecule has 2 rings (SSSR count). The topological polar surface area (TPSA) is 28.4 Å². The summed E-state index contributed by atoms with van der Waals surface area (Å²) < 4.78 is 5.86. The zero-order valence-electron chi connectivity index (χ0n) is 13.7. The lowest BCUT2D eigenvalue weighted by molar-refractivity contribution is 0.319. The van der Waals surface area contributed by atoms with E-state index in [9.17, 15) is 0 Å². The lowest BCUT2D eigenvalue weighted by Gasteiger charge is -2.19. The standard InChI is InChI=1S/C17H26N2OS/c1-13-14(9-15(20-13)10-18-17(2,3)4)11-19(5)12-16-7-6-8-21-16/h6-9,18H,10-12H2,1-5H3. The van der Waals surface area contributed by atoms with Gasteiger partial charge in [0.1, 0.15) is 11.5 Å². The molecule has 0 aliphatic rings. The van der Waals surface area contributed by atoms with Crippen molar-refractivity contribution in [2.75, 3.05) is 7.05 Å². The van der Waals surface area contributed by atoms with Crippen LogP contribution in [0.5, 0.6) is 0 Å². The zero-order chi connectivity index (χ0) is 15.5. The number of hydrogen-bond donors (Lipinski definition) is 1. The van der Waals surface area contributed by atoms with Crippen LogP contribution in [0.4, 0.5) is 0 Å². The highest BCUT2D eigenvalue weighted by molar-refractivity contribution is 7.09. The van der Waals surface area contributed by atoms with Gasteiger partial charge in [0.2, 0.25) is 0 Å². The Hall–Kier alpha value is -1.10. The number of nitrogens with one attached hydrogen (secondary N) is 1. The molecule has 0 bridgehead atoms. The molecule has 0 spiro atoms. The minimum Gasteiger partial charge on any atom is -0.465 e. The Balaban J connectivity index is 1.92. The van der Waals surface area contributed by atoms with Gasteiger partial charge in [-0.1, -0.05) is 6.07 Å². The van der Waals surface area contributed by atoms with Gasteiger partial charge in [-0.05, 0) is 52.3 Å². The van der Waals surface area contributed by atoms with Crippen LogP contribution in [0.3, 0.4) is 0 Å². The molecule has 21 heavy (non-hydrogen) atoms. The fraction of sp³-hybridized carbons (Fsp3) is 0.529. The van der Waals surface area contributed by atoms with E-state index in [0.29, 0.717) is 0 Å². The summed E-state index contributed by atoms with van der Waals surface area (Å²) in [6, 6.07) is 6.47. The van der Waals surface area contributed by atoms with Crippen LogP contribution in [0.25, 0.3) is 0 Å². The van der Waals surface area contributed by atoms with Crippen LogP contribution in [0.15, 0.2) is 28.0 Å². The molecule has 0 atom stereocenters. The summed E-state index contributed by atoms with van der Waals surface area (Å²) >= 11 is 1.81.